The molecular formula is C15H21N3O2. The summed E-state index contributed by atoms with van der Waals surface area (Å²) in [5.41, 5.74) is 2.03. The molecule has 2 heterocycles. The molecule has 1 saturated heterocycles. The van der Waals surface area contributed by atoms with Crippen molar-refractivity contribution in [3.8, 4) is 0 Å². The van der Waals surface area contributed by atoms with Gasteiger partial charge in [-0.2, -0.15) is 0 Å². The second-order valence-corrected chi connectivity index (χ2v) is 5.49. The fourth-order valence-electron chi connectivity index (χ4n) is 2.77. The third-order valence-corrected chi connectivity index (χ3v) is 4.14. The van der Waals surface area contributed by atoms with Crippen molar-refractivity contribution < 1.29 is 9.53 Å². The van der Waals surface area contributed by atoms with Crippen molar-refractivity contribution in [2.45, 2.75) is 25.5 Å². The summed E-state index contributed by atoms with van der Waals surface area (Å²) in [5.74, 6) is 0.480. The molecule has 0 saturated carbocycles. The van der Waals surface area contributed by atoms with Crippen LogP contribution < -0.4 is 16.0 Å². The molecular weight excluding hydrogens is 254 g/mol. The summed E-state index contributed by atoms with van der Waals surface area (Å²) < 4.78 is 5.51. The van der Waals surface area contributed by atoms with Crippen molar-refractivity contribution in [2.24, 2.45) is 5.92 Å². The molecule has 1 amide bonds. The van der Waals surface area contributed by atoms with Crippen LogP contribution in [0, 0.1) is 5.92 Å². The highest BCUT2D eigenvalue weighted by Crippen LogP contribution is 2.25. The van der Waals surface area contributed by atoms with Crippen molar-refractivity contribution in [1.82, 2.24) is 5.32 Å². The molecule has 1 aromatic rings. The molecule has 108 valence electrons. The molecule has 3 rings (SSSR count). The number of amides is 1. The number of hydrogen-bond acceptors (Lipinski definition) is 4. The van der Waals surface area contributed by atoms with Crippen LogP contribution in [0.3, 0.4) is 0 Å². The van der Waals surface area contributed by atoms with E-state index in [0.29, 0.717) is 19.0 Å². The van der Waals surface area contributed by atoms with Crippen molar-refractivity contribution in [3.05, 3.63) is 24.3 Å². The molecule has 1 fully saturated rings. The smallest absolute Gasteiger partial charge is 0.244 e. The Hall–Kier alpha value is -1.75. The Morgan fingerprint density at radius 3 is 2.95 bits per heavy atom. The largest absolute Gasteiger partial charge is 0.381 e. The molecule has 5 heteroatoms. The van der Waals surface area contributed by atoms with E-state index in [1.165, 1.54) is 0 Å². The highest BCUT2D eigenvalue weighted by atomic mass is 16.5. The first-order valence-electron chi connectivity index (χ1n) is 7.23. The zero-order valence-corrected chi connectivity index (χ0v) is 11.7. The molecule has 1 aromatic carbocycles. The molecule has 0 aliphatic carbocycles. The number of carbonyl (C=O) groups excluding carboxylic acids is 1. The van der Waals surface area contributed by atoms with E-state index in [1.54, 1.807) is 0 Å². The van der Waals surface area contributed by atoms with Crippen LogP contribution in [0.5, 0.6) is 0 Å². The van der Waals surface area contributed by atoms with E-state index < -0.39 is 0 Å². The minimum absolute atomic E-state index is 0.0473. The predicted molar refractivity (Wildman–Crippen MR) is 78.9 cm³/mol. The quantitative estimate of drug-likeness (QED) is 0.781. The van der Waals surface area contributed by atoms with E-state index in [1.807, 2.05) is 24.3 Å². The minimum atomic E-state index is -0.220. The van der Waals surface area contributed by atoms with Gasteiger partial charge in [-0.3, -0.25) is 4.79 Å². The van der Waals surface area contributed by atoms with Crippen LogP contribution in [0.15, 0.2) is 24.3 Å². The van der Waals surface area contributed by atoms with Gasteiger partial charge in [-0.1, -0.05) is 12.1 Å². The van der Waals surface area contributed by atoms with Crippen molar-refractivity contribution >= 4 is 17.3 Å². The number of hydrogen-bond donors (Lipinski definition) is 3. The van der Waals surface area contributed by atoms with Crippen LogP contribution >= 0.6 is 0 Å². The average Bonchev–Trinajstić information content (AvgIpc) is 2.89. The lowest BCUT2D eigenvalue weighted by atomic mass is 10.0. The number of para-hydroxylation sites is 2. The highest BCUT2D eigenvalue weighted by Gasteiger charge is 2.27. The number of anilines is 2. The van der Waals surface area contributed by atoms with Crippen molar-refractivity contribution in [2.75, 3.05) is 30.3 Å². The van der Waals surface area contributed by atoms with E-state index in [0.717, 1.165) is 24.4 Å². The summed E-state index contributed by atoms with van der Waals surface area (Å²) in [4.78, 5) is 12.2. The van der Waals surface area contributed by atoms with Crippen LogP contribution in [-0.4, -0.2) is 37.7 Å². The van der Waals surface area contributed by atoms with Crippen LogP contribution in [-0.2, 0) is 9.53 Å². The Labute approximate surface area is 119 Å². The SMILES string of the molecule is CC1OCCC1CNC(=O)C1CNc2ccccc2N1. The Bertz CT molecular complexity index is 492. The molecule has 0 spiro atoms. The summed E-state index contributed by atoms with van der Waals surface area (Å²) in [6, 6.07) is 7.71. The van der Waals surface area contributed by atoms with Gasteiger partial charge >= 0.3 is 0 Å². The molecule has 3 N–H and O–H groups in total. The molecule has 0 radical (unpaired) electrons. The minimum Gasteiger partial charge on any atom is -0.381 e. The van der Waals surface area contributed by atoms with E-state index in [-0.39, 0.29) is 18.1 Å². The molecule has 2 aliphatic rings. The lowest BCUT2D eigenvalue weighted by Gasteiger charge is -2.28. The van der Waals surface area contributed by atoms with Gasteiger partial charge in [0.05, 0.1) is 17.5 Å². The van der Waals surface area contributed by atoms with Gasteiger partial charge in [-0.05, 0) is 25.5 Å². The highest BCUT2D eigenvalue weighted by molar-refractivity contribution is 5.88. The summed E-state index contributed by atoms with van der Waals surface area (Å²) in [5, 5.41) is 9.59. The summed E-state index contributed by atoms with van der Waals surface area (Å²) in [6.45, 7) is 4.18. The lowest BCUT2D eigenvalue weighted by Crippen LogP contribution is -2.47. The fourth-order valence-corrected chi connectivity index (χ4v) is 2.77. The van der Waals surface area contributed by atoms with Gasteiger partial charge in [-0.15, -0.1) is 0 Å². The van der Waals surface area contributed by atoms with E-state index >= 15 is 0 Å². The summed E-state index contributed by atoms with van der Waals surface area (Å²) in [6.07, 6.45) is 1.27. The van der Waals surface area contributed by atoms with Gasteiger partial charge in [0.15, 0.2) is 0 Å². The molecule has 3 unspecified atom stereocenters. The number of nitrogens with one attached hydrogen (secondary N) is 3. The first-order valence-corrected chi connectivity index (χ1v) is 7.23. The van der Waals surface area contributed by atoms with Gasteiger partial charge in [0.25, 0.3) is 0 Å². The topological polar surface area (TPSA) is 62.4 Å². The monoisotopic (exact) mass is 275 g/mol. The fraction of sp³-hybridized carbons (Fsp3) is 0.533. The molecule has 3 atom stereocenters. The third kappa shape index (κ3) is 2.72. The van der Waals surface area contributed by atoms with Gasteiger partial charge < -0.3 is 20.7 Å². The zero-order valence-electron chi connectivity index (χ0n) is 11.7. The van der Waals surface area contributed by atoms with E-state index in [2.05, 4.69) is 22.9 Å². The maximum Gasteiger partial charge on any atom is 0.244 e. The maximum atomic E-state index is 12.2. The first-order chi connectivity index (χ1) is 9.74. The number of carbonyl (C=O) groups is 1. The number of ether oxygens (including phenoxy) is 1. The maximum absolute atomic E-state index is 12.2. The Morgan fingerprint density at radius 2 is 2.20 bits per heavy atom. The molecule has 0 bridgehead atoms. The summed E-state index contributed by atoms with van der Waals surface area (Å²) >= 11 is 0. The van der Waals surface area contributed by atoms with Crippen molar-refractivity contribution in [1.29, 1.82) is 0 Å². The van der Waals surface area contributed by atoms with Crippen LogP contribution in [0.4, 0.5) is 11.4 Å². The number of benzene rings is 1. The average molecular weight is 275 g/mol. The second kappa shape index (κ2) is 5.71. The van der Waals surface area contributed by atoms with Gasteiger partial charge in [0.2, 0.25) is 5.91 Å². The van der Waals surface area contributed by atoms with E-state index in [9.17, 15) is 4.79 Å². The molecule has 20 heavy (non-hydrogen) atoms. The Balaban J connectivity index is 1.54. The van der Waals surface area contributed by atoms with Crippen molar-refractivity contribution in [3.63, 3.8) is 0 Å². The standard InChI is InChI=1S/C15H21N3O2/c1-10-11(6-7-20-10)8-17-15(19)14-9-16-12-4-2-3-5-13(12)18-14/h2-5,10-11,14,16,18H,6-9H2,1H3,(H,17,19). The van der Waals surface area contributed by atoms with E-state index in [4.69, 9.17) is 4.74 Å². The lowest BCUT2D eigenvalue weighted by molar-refractivity contribution is -0.121. The normalized spacial score (nSPS) is 28.1. The van der Waals surface area contributed by atoms with Gasteiger partial charge in [0.1, 0.15) is 6.04 Å². The van der Waals surface area contributed by atoms with Crippen LogP contribution in [0.25, 0.3) is 0 Å². The molecule has 5 nitrogen and oxygen atoms in total. The number of rotatable bonds is 3. The summed E-state index contributed by atoms with van der Waals surface area (Å²) in [7, 11) is 0. The Kier molecular flexibility index (Phi) is 3.78. The van der Waals surface area contributed by atoms with Crippen LogP contribution in [0.1, 0.15) is 13.3 Å². The Morgan fingerprint density at radius 1 is 1.40 bits per heavy atom. The second-order valence-electron chi connectivity index (χ2n) is 5.49. The third-order valence-electron chi connectivity index (χ3n) is 4.14. The van der Waals surface area contributed by atoms with Gasteiger partial charge in [-0.25, -0.2) is 0 Å². The molecule has 2 aliphatic heterocycles. The van der Waals surface area contributed by atoms with Crippen LogP contribution in [0.2, 0.25) is 0 Å². The first kappa shape index (κ1) is 13.2. The van der Waals surface area contributed by atoms with Gasteiger partial charge in [0, 0.05) is 25.6 Å². The molecule has 0 aromatic heterocycles. The predicted octanol–water partition coefficient (Wildman–Crippen LogP) is 1.43. The zero-order chi connectivity index (χ0) is 13.9. The number of fused-ring (bicyclic) bond motifs is 1.